The topological polar surface area (TPSA) is 58.6 Å². The standard InChI is InChI=1S/C27H36N2O3/c1-19(2)28-24(30)27(15-16-29(18-27)25(31)26(3,4)5)17-20-11-13-21(14-12-20)22-9-7-8-10-23(22)32-6/h7-14,19H,15-18H2,1-6H3,(H,28,30). The molecule has 1 aliphatic rings. The van der Waals surface area contributed by atoms with E-state index in [1.807, 2.05) is 63.8 Å². The summed E-state index contributed by atoms with van der Waals surface area (Å²) in [7, 11) is 1.68. The van der Waals surface area contributed by atoms with Crippen molar-refractivity contribution < 1.29 is 14.3 Å². The van der Waals surface area contributed by atoms with E-state index in [1.165, 1.54) is 0 Å². The molecule has 3 rings (SSSR count). The van der Waals surface area contributed by atoms with Gasteiger partial charge in [0.05, 0.1) is 12.5 Å². The molecule has 0 radical (unpaired) electrons. The third-order valence-electron chi connectivity index (χ3n) is 6.10. The molecule has 1 fully saturated rings. The number of hydrogen-bond donors (Lipinski definition) is 1. The van der Waals surface area contributed by atoms with Gasteiger partial charge in [-0.2, -0.15) is 0 Å². The lowest BCUT2D eigenvalue weighted by Crippen LogP contribution is -2.48. The Bertz CT molecular complexity index is 960. The molecule has 1 aliphatic heterocycles. The molecule has 1 N–H and O–H groups in total. The fraction of sp³-hybridized carbons (Fsp3) is 0.481. The lowest BCUT2D eigenvalue weighted by atomic mass is 9.79. The Balaban J connectivity index is 1.86. The van der Waals surface area contributed by atoms with E-state index < -0.39 is 10.8 Å². The molecule has 172 valence electrons. The van der Waals surface area contributed by atoms with Crippen LogP contribution < -0.4 is 10.1 Å². The molecule has 2 amide bonds. The third-order valence-corrected chi connectivity index (χ3v) is 6.10. The molecule has 0 spiro atoms. The number of nitrogens with zero attached hydrogens (tertiary/aromatic N) is 1. The van der Waals surface area contributed by atoms with Gasteiger partial charge in [-0.15, -0.1) is 0 Å². The van der Waals surface area contributed by atoms with Crippen LogP contribution in [-0.2, 0) is 16.0 Å². The highest BCUT2D eigenvalue weighted by Gasteiger charge is 2.47. The first-order valence-corrected chi connectivity index (χ1v) is 11.4. The zero-order chi connectivity index (χ0) is 23.5. The number of rotatable bonds is 6. The van der Waals surface area contributed by atoms with E-state index in [9.17, 15) is 9.59 Å². The third kappa shape index (κ3) is 5.14. The van der Waals surface area contributed by atoms with E-state index in [0.29, 0.717) is 25.9 Å². The summed E-state index contributed by atoms with van der Waals surface area (Å²) in [6, 6.07) is 16.3. The van der Waals surface area contributed by atoms with Gasteiger partial charge in [0.15, 0.2) is 0 Å². The summed E-state index contributed by atoms with van der Waals surface area (Å²) in [6.45, 7) is 10.8. The summed E-state index contributed by atoms with van der Waals surface area (Å²) in [6.07, 6.45) is 1.27. The monoisotopic (exact) mass is 436 g/mol. The van der Waals surface area contributed by atoms with Crippen molar-refractivity contribution in [3.63, 3.8) is 0 Å². The van der Waals surface area contributed by atoms with Crippen LogP contribution in [0.4, 0.5) is 0 Å². The van der Waals surface area contributed by atoms with Crippen LogP contribution in [0.5, 0.6) is 5.75 Å². The zero-order valence-electron chi connectivity index (χ0n) is 20.2. The molecule has 2 aromatic rings. The number of carbonyl (C=O) groups is 2. The Kier molecular flexibility index (Phi) is 6.97. The molecular weight excluding hydrogens is 400 g/mol. The van der Waals surface area contributed by atoms with Crippen molar-refractivity contribution in [3.8, 4) is 16.9 Å². The van der Waals surface area contributed by atoms with Crippen LogP contribution in [0.1, 0.15) is 46.6 Å². The van der Waals surface area contributed by atoms with Crippen LogP contribution in [0.2, 0.25) is 0 Å². The van der Waals surface area contributed by atoms with Crippen molar-refractivity contribution in [2.24, 2.45) is 10.8 Å². The number of ether oxygens (including phenoxy) is 1. The van der Waals surface area contributed by atoms with E-state index >= 15 is 0 Å². The van der Waals surface area contributed by atoms with E-state index in [2.05, 4.69) is 29.6 Å². The minimum Gasteiger partial charge on any atom is -0.496 e. The number of carbonyl (C=O) groups excluding carboxylic acids is 2. The Morgan fingerprint density at radius 3 is 2.34 bits per heavy atom. The SMILES string of the molecule is COc1ccccc1-c1ccc(CC2(C(=O)NC(C)C)CCN(C(=O)C(C)(C)C)C2)cc1. The lowest BCUT2D eigenvalue weighted by molar-refractivity contribution is -0.139. The first-order chi connectivity index (χ1) is 15.1. The van der Waals surface area contributed by atoms with Crippen molar-refractivity contribution in [1.29, 1.82) is 0 Å². The van der Waals surface area contributed by atoms with Gasteiger partial charge in [0.25, 0.3) is 0 Å². The fourth-order valence-corrected chi connectivity index (χ4v) is 4.42. The molecule has 0 bridgehead atoms. The highest BCUT2D eigenvalue weighted by Crippen LogP contribution is 2.37. The molecule has 1 heterocycles. The van der Waals surface area contributed by atoms with E-state index in [-0.39, 0.29) is 17.9 Å². The first kappa shape index (κ1) is 23.8. The van der Waals surface area contributed by atoms with E-state index in [4.69, 9.17) is 4.74 Å². The predicted octanol–water partition coefficient (Wildman–Crippen LogP) is 4.69. The molecule has 0 aliphatic carbocycles. The molecule has 5 heteroatoms. The van der Waals surface area contributed by atoms with Gasteiger partial charge < -0.3 is 15.0 Å². The smallest absolute Gasteiger partial charge is 0.228 e. The summed E-state index contributed by atoms with van der Waals surface area (Å²) in [4.78, 5) is 28.1. The number of amides is 2. The van der Waals surface area contributed by atoms with Crippen molar-refractivity contribution >= 4 is 11.8 Å². The summed E-state index contributed by atoms with van der Waals surface area (Å²) >= 11 is 0. The minimum atomic E-state index is -0.614. The number of methoxy groups -OCH3 is 1. The van der Waals surface area contributed by atoms with Crippen LogP contribution >= 0.6 is 0 Å². The molecule has 32 heavy (non-hydrogen) atoms. The maximum Gasteiger partial charge on any atom is 0.228 e. The normalized spacial score (nSPS) is 18.7. The van der Waals surface area contributed by atoms with Gasteiger partial charge in [-0.3, -0.25) is 9.59 Å². The van der Waals surface area contributed by atoms with Crippen LogP contribution in [-0.4, -0.2) is 43.0 Å². The Morgan fingerprint density at radius 2 is 1.75 bits per heavy atom. The second-order valence-corrected chi connectivity index (χ2v) is 10.2. The number of likely N-dealkylation sites (tertiary alicyclic amines) is 1. The Labute approximate surface area is 192 Å². The van der Waals surface area contributed by atoms with Crippen molar-refractivity contribution in [2.75, 3.05) is 20.2 Å². The van der Waals surface area contributed by atoms with Crippen molar-refractivity contribution in [1.82, 2.24) is 10.2 Å². The maximum absolute atomic E-state index is 13.3. The van der Waals surface area contributed by atoms with E-state index in [0.717, 1.165) is 22.4 Å². The first-order valence-electron chi connectivity index (χ1n) is 11.4. The highest BCUT2D eigenvalue weighted by molar-refractivity contribution is 5.87. The molecule has 0 saturated carbocycles. The lowest BCUT2D eigenvalue weighted by Gasteiger charge is -2.31. The molecule has 0 aromatic heterocycles. The van der Waals surface area contributed by atoms with E-state index in [1.54, 1.807) is 7.11 Å². The predicted molar refractivity (Wildman–Crippen MR) is 128 cm³/mol. The molecule has 2 aromatic carbocycles. The fourth-order valence-electron chi connectivity index (χ4n) is 4.42. The minimum absolute atomic E-state index is 0.0329. The van der Waals surface area contributed by atoms with Gasteiger partial charge in [0, 0.05) is 30.1 Å². The van der Waals surface area contributed by atoms with Gasteiger partial charge >= 0.3 is 0 Å². The average Bonchev–Trinajstić information content (AvgIpc) is 3.17. The number of benzene rings is 2. The molecule has 1 unspecified atom stereocenters. The second kappa shape index (κ2) is 9.35. The molecule has 1 saturated heterocycles. The van der Waals surface area contributed by atoms with Gasteiger partial charge in [-0.05, 0) is 43.9 Å². The maximum atomic E-state index is 13.3. The molecular formula is C27H36N2O3. The van der Waals surface area contributed by atoms with Gasteiger partial charge in [0.1, 0.15) is 5.75 Å². The summed E-state index contributed by atoms with van der Waals surface area (Å²) in [5, 5.41) is 3.10. The summed E-state index contributed by atoms with van der Waals surface area (Å²) < 4.78 is 5.49. The zero-order valence-corrected chi connectivity index (χ0v) is 20.2. The summed E-state index contributed by atoms with van der Waals surface area (Å²) in [5.41, 5.74) is 2.13. The van der Waals surface area contributed by atoms with Crippen molar-refractivity contribution in [2.45, 2.75) is 53.5 Å². The average molecular weight is 437 g/mol. The molecule has 5 nitrogen and oxygen atoms in total. The summed E-state index contributed by atoms with van der Waals surface area (Å²) in [5.74, 6) is 0.967. The Hall–Kier alpha value is -2.82. The number of hydrogen-bond acceptors (Lipinski definition) is 3. The van der Waals surface area contributed by atoms with Crippen LogP contribution in [0.25, 0.3) is 11.1 Å². The largest absolute Gasteiger partial charge is 0.496 e. The Morgan fingerprint density at radius 1 is 1.09 bits per heavy atom. The number of para-hydroxylation sites is 1. The van der Waals surface area contributed by atoms with Crippen LogP contribution in [0.3, 0.4) is 0 Å². The highest BCUT2D eigenvalue weighted by atomic mass is 16.5. The molecule has 1 atom stereocenters. The van der Waals surface area contributed by atoms with Gasteiger partial charge in [-0.25, -0.2) is 0 Å². The van der Waals surface area contributed by atoms with Crippen LogP contribution in [0, 0.1) is 10.8 Å². The van der Waals surface area contributed by atoms with Gasteiger partial charge in [0.2, 0.25) is 11.8 Å². The van der Waals surface area contributed by atoms with Crippen LogP contribution in [0.15, 0.2) is 48.5 Å². The second-order valence-electron chi connectivity index (χ2n) is 10.2. The van der Waals surface area contributed by atoms with Gasteiger partial charge in [-0.1, -0.05) is 63.2 Å². The van der Waals surface area contributed by atoms with Crippen molar-refractivity contribution in [3.05, 3.63) is 54.1 Å². The number of nitrogens with one attached hydrogen (secondary N) is 1. The quantitative estimate of drug-likeness (QED) is 0.714.